The van der Waals surface area contributed by atoms with E-state index in [2.05, 4.69) is 0 Å². The molecule has 3 N–H and O–H groups in total. The fraction of sp³-hybridized carbons (Fsp3) is 0.714. The molecule has 0 radical (unpaired) electrons. The van der Waals surface area contributed by atoms with Crippen LogP contribution in [0.3, 0.4) is 0 Å². The third kappa shape index (κ3) is 2.20. The van der Waals surface area contributed by atoms with Gasteiger partial charge in [-0.05, 0) is 13.0 Å². The molecule has 1 fully saturated rings. The number of nitrogens with zero attached hydrogens (tertiary/aromatic N) is 1. The molecular formula is C7H12N2O3. The average molecular weight is 172 g/mol. The number of primary amides is 1. The first-order valence-corrected chi connectivity index (χ1v) is 3.83. The van der Waals surface area contributed by atoms with E-state index in [1.807, 2.05) is 0 Å². The summed E-state index contributed by atoms with van der Waals surface area (Å²) in [6, 6.07) is 0. The van der Waals surface area contributed by atoms with Crippen molar-refractivity contribution in [2.24, 2.45) is 11.7 Å². The highest BCUT2D eigenvalue weighted by Gasteiger charge is 2.28. The molecule has 0 aliphatic carbocycles. The maximum atomic E-state index is 10.5. The zero-order valence-electron chi connectivity index (χ0n) is 6.69. The van der Waals surface area contributed by atoms with Crippen LogP contribution in [0.2, 0.25) is 0 Å². The van der Waals surface area contributed by atoms with Crippen LogP contribution in [0, 0.1) is 5.92 Å². The molecule has 0 aromatic rings. The summed E-state index contributed by atoms with van der Waals surface area (Å²) in [5, 5.41) is 8.62. The molecule has 12 heavy (non-hydrogen) atoms. The molecule has 5 nitrogen and oxygen atoms in total. The van der Waals surface area contributed by atoms with Crippen molar-refractivity contribution < 1.29 is 14.7 Å². The Morgan fingerprint density at radius 2 is 2.25 bits per heavy atom. The first-order valence-electron chi connectivity index (χ1n) is 3.83. The SMILES string of the molecule is NC(=O)CN1CC[C@@H](C(=O)O)C1. The Kier molecular flexibility index (Phi) is 2.65. The van der Waals surface area contributed by atoms with Gasteiger partial charge in [-0.1, -0.05) is 0 Å². The summed E-state index contributed by atoms with van der Waals surface area (Å²) in [6.07, 6.45) is 0.614. The van der Waals surface area contributed by atoms with E-state index in [9.17, 15) is 9.59 Å². The number of hydrogen-bond acceptors (Lipinski definition) is 3. The van der Waals surface area contributed by atoms with E-state index >= 15 is 0 Å². The van der Waals surface area contributed by atoms with Gasteiger partial charge < -0.3 is 10.8 Å². The van der Waals surface area contributed by atoms with Gasteiger partial charge in [0.2, 0.25) is 5.91 Å². The predicted molar refractivity (Wildman–Crippen MR) is 41.4 cm³/mol. The first kappa shape index (κ1) is 8.99. The van der Waals surface area contributed by atoms with Gasteiger partial charge in [0, 0.05) is 6.54 Å². The number of aliphatic carboxylic acids is 1. The van der Waals surface area contributed by atoms with E-state index in [0.29, 0.717) is 19.5 Å². The molecule has 0 aromatic carbocycles. The minimum absolute atomic E-state index is 0.170. The van der Waals surface area contributed by atoms with E-state index in [-0.39, 0.29) is 12.5 Å². The standard InChI is InChI=1S/C7H12N2O3/c8-6(10)4-9-2-1-5(3-9)7(11)12/h5H,1-4H2,(H2,8,10)(H,11,12)/t5-/m1/s1. The van der Waals surface area contributed by atoms with Crippen LogP contribution in [-0.4, -0.2) is 41.5 Å². The smallest absolute Gasteiger partial charge is 0.307 e. The van der Waals surface area contributed by atoms with E-state index in [0.717, 1.165) is 0 Å². The van der Waals surface area contributed by atoms with Crippen molar-refractivity contribution in [1.82, 2.24) is 4.90 Å². The lowest BCUT2D eigenvalue weighted by Gasteiger charge is -2.11. The van der Waals surface area contributed by atoms with Crippen molar-refractivity contribution in [3.63, 3.8) is 0 Å². The van der Waals surface area contributed by atoms with Gasteiger partial charge >= 0.3 is 5.97 Å². The molecule has 0 saturated carbocycles. The van der Waals surface area contributed by atoms with Crippen molar-refractivity contribution in [1.29, 1.82) is 0 Å². The maximum Gasteiger partial charge on any atom is 0.307 e. The third-order valence-corrected chi connectivity index (χ3v) is 2.00. The van der Waals surface area contributed by atoms with Gasteiger partial charge in [-0.15, -0.1) is 0 Å². The number of nitrogens with two attached hydrogens (primary N) is 1. The Balaban J connectivity index is 2.35. The van der Waals surface area contributed by atoms with Gasteiger partial charge in [0.1, 0.15) is 0 Å². The number of carboxylic acids is 1. The van der Waals surface area contributed by atoms with Gasteiger partial charge in [-0.2, -0.15) is 0 Å². The number of rotatable bonds is 3. The molecule has 0 bridgehead atoms. The van der Waals surface area contributed by atoms with Crippen molar-refractivity contribution in [2.45, 2.75) is 6.42 Å². The lowest BCUT2D eigenvalue weighted by Crippen LogP contribution is -2.32. The normalized spacial score (nSPS) is 24.2. The van der Waals surface area contributed by atoms with Gasteiger partial charge in [0.15, 0.2) is 0 Å². The monoisotopic (exact) mass is 172 g/mol. The molecule has 0 aromatic heterocycles. The summed E-state index contributed by atoms with van der Waals surface area (Å²) in [5.41, 5.74) is 4.97. The van der Waals surface area contributed by atoms with Gasteiger partial charge in [0.25, 0.3) is 0 Å². The highest BCUT2D eigenvalue weighted by Crippen LogP contribution is 2.15. The van der Waals surface area contributed by atoms with E-state index in [4.69, 9.17) is 10.8 Å². The van der Waals surface area contributed by atoms with Crippen LogP contribution >= 0.6 is 0 Å². The largest absolute Gasteiger partial charge is 0.481 e. The predicted octanol–water partition coefficient (Wildman–Crippen LogP) is -1.12. The van der Waals surface area contributed by atoms with Crippen LogP contribution in [0.1, 0.15) is 6.42 Å². The van der Waals surface area contributed by atoms with Crippen molar-refractivity contribution in [3.8, 4) is 0 Å². The van der Waals surface area contributed by atoms with Gasteiger partial charge in [-0.25, -0.2) is 0 Å². The molecule has 1 saturated heterocycles. The highest BCUT2D eigenvalue weighted by atomic mass is 16.4. The second kappa shape index (κ2) is 3.53. The second-order valence-corrected chi connectivity index (χ2v) is 3.03. The summed E-state index contributed by atoms with van der Waals surface area (Å²) in [6.45, 7) is 1.27. The molecule has 0 spiro atoms. The number of likely N-dealkylation sites (tertiary alicyclic amines) is 1. The number of carbonyl (C=O) groups is 2. The Hall–Kier alpha value is -1.10. The molecule has 0 unspecified atom stereocenters. The molecule has 1 aliphatic heterocycles. The lowest BCUT2D eigenvalue weighted by molar-refractivity contribution is -0.141. The van der Waals surface area contributed by atoms with Crippen LogP contribution in [0.5, 0.6) is 0 Å². The first-order chi connectivity index (χ1) is 5.59. The summed E-state index contributed by atoms with van der Waals surface area (Å²) in [5.74, 6) is -1.52. The molecule has 1 aliphatic rings. The average Bonchev–Trinajstić information content (AvgIpc) is 2.34. The van der Waals surface area contributed by atoms with Crippen LogP contribution in [0.4, 0.5) is 0 Å². The van der Waals surface area contributed by atoms with Crippen molar-refractivity contribution in [2.75, 3.05) is 19.6 Å². The zero-order chi connectivity index (χ0) is 9.14. The fourth-order valence-corrected chi connectivity index (χ4v) is 1.40. The van der Waals surface area contributed by atoms with Crippen LogP contribution < -0.4 is 5.73 Å². The van der Waals surface area contributed by atoms with Crippen LogP contribution in [0.25, 0.3) is 0 Å². The topological polar surface area (TPSA) is 83.6 Å². The maximum absolute atomic E-state index is 10.5. The molecule has 68 valence electrons. The number of carboxylic acid groups (broad SMARTS) is 1. The van der Waals surface area contributed by atoms with E-state index in [1.54, 1.807) is 4.90 Å². The number of carbonyl (C=O) groups excluding carboxylic acids is 1. The molecule has 1 rings (SSSR count). The fourth-order valence-electron chi connectivity index (χ4n) is 1.40. The Morgan fingerprint density at radius 1 is 1.58 bits per heavy atom. The summed E-state index contributed by atoms with van der Waals surface area (Å²) in [4.78, 5) is 22.7. The number of amides is 1. The molecule has 1 heterocycles. The van der Waals surface area contributed by atoms with Gasteiger partial charge in [-0.3, -0.25) is 14.5 Å². The van der Waals surface area contributed by atoms with E-state index in [1.165, 1.54) is 0 Å². The molecular weight excluding hydrogens is 160 g/mol. The van der Waals surface area contributed by atoms with E-state index < -0.39 is 11.9 Å². The van der Waals surface area contributed by atoms with Crippen LogP contribution in [-0.2, 0) is 9.59 Å². The summed E-state index contributed by atoms with van der Waals surface area (Å²) >= 11 is 0. The minimum atomic E-state index is -0.790. The summed E-state index contributed by atoms with van der Waals surface area (Å²) in [7, 11) is 0. The summed E-state index contributed by atoms with van der Waals surface area (Å²) < 4.78 is 0. The quantitative estimate of drug-likeness (QED) is 0.564. The molecule has 1 amide bonds. The minimum Gasteiger partial charge on any atom is -0.481 e. The number of hydrogen-bond donors (Lipinski definition) is 2. The highest BCUT2D eigenvalue weighted by molar-refractivity contribution is 5.76. The van der Waals surface area contributed by atoms with Gasteiger partial charge in [0.05, 0.1) is 12.5 Å². The Labute approximate surface area is 70.1 Å². The second-order valence-electron chi connectivity index (χ2n) is 3.03. The zero-order valence-corrected chi connectivity index (χ0v) is 6.69. The third-order valence-electron chi connectivity index (χ3n) is 2.00. The lowest BCUT2D eigenvalue weighted by atomic mass is 10.1. The van der Waals surface area contributed by atoms with Crippen LogP contribution in [0.15, 0.2) is 0 Å². The molecule has 1 atom stereocenters. The van der Waals surface area contributed by atoms with Crippen molar-refractivity contribution >= 4 is 11.9 Å². The Bertz CT molecular complexity index is 205. The molecule has 5 heteroatoms. The Morgan fingerprint density at radius 3 is 2.67 bits per heavy atom. The van der Waals surface area contributed by atoms with Crippen molar-refractivity contribution in [3.05, 3.63) is 0 Å².